The monoisotopic (exact) mass is 218 g/mol. The zero-order valence-electron chi connectivity index (χ0n) is 8.14. The number of rotatable bonds is 2. The molecule has 14 heavy (non-hydrogen) atoms. The van der Waals surface area contributed by atoms with Crippen LogP contribution in [0.2, 0.25) is 0 Å². The molecular weight excluding hydrogens is 204 g/mol. The molecule has 5 nitrogen and oxygen atoms in total. The molecule has 2 rings (SSSR count). The second kappa shape index (κ2) is 3.42. The first-order valence-corrected chi connectivity index (χ1v) is 6.31. The Bertz CT molecular complexity index is 348. The summed E-state index contributed by atoms with van der Waals surface area (Å²) in [5.41, 5.74) is 0. The minimum Gasteiger partial charge on any atom is -0.250 e. The standard InChI is InChI=1S/C8H14N2O3S/c1-2-4-7-5-3-6-8-9-13-14(11,12)10(7)8/h7H,2-6H2,1H3. The lowest BCUT2D eigenvalue weighted by Crippen LogP contribution is -2.43. The summed E-state index contributed by atoms with van der Waals surface area (Å²) in [7, 11) is -3.59. The smallest absolute Gasteiger partial charge is 0.250 e. The fourth-order valence-electron chi connectivity index (χ4n) is 2.05. The van der Waals surface area contributed by atoms with Crippen molar-refractivity contribution in [1.29, 1.82) is 0 Å². The summed E-state index contributed by atoms with van der Waals surface area (Å²) in [5.74, 6) is 0.578. The van der Waals surface area contributed by atoms with Gasteiger partial charge in [-0.25, -0.2) is 4.31 Å². The van der Waals surface area contributed by atoms with E-state index in [2.05, 4.69) is 16.4 Å². The van der Waals surface area contributed by atoms with Gasteiger partial charge >= 0.3 is 10.3 Å². The molecule has 0 aromatic carbocycles. The van der Waals surface area contributed by atoms with Crippen molar-refractivity contribution in [1.82, 2.24) is 4.31 Å². The van der Waals surface area contributed by atoms with E-state index < -0.39 is 10.3 Å². The van der Waals surface area contributed by atoms with E-state index >= 15 is 0 Å². The van der Waals surface area contributed by atoms with Gasteiger partial charge in [0.15, 0.2) is 5.84 Å². The molecule has 1 atom stereocenters. The quantitative estimate of drug-likeness (QED) is 0.700. The number of piperidine rings is 1. The summed E-state index contributed by atoms with van der Waals surface area (Å²) in [6, 6.07) is 0.0556. The highest BCUT2D eigenvalue weighted by atomic mass is 32.2. The zero-order valence-corrected chi connectivity index (χ0v) is 8.96. The molecule has 2 aliphatic heterocycles. The van der Waals surface area contributed by atoms with Gasteiger partial charge in [0.25, 0.3) is 0 Å². The Morgan fingerprint density at radius 2 is 2.43 bits per heavy atom. The Labute approximate surface area is 84.0 Å². The highest BCUT2D eigenvalue weighted by Crippen LogP contribution is 2.30. The number of fused-ring (bicyclic) bond motifs is 1. The first-order chi connectivity index (χ1) is 6.65. The van der Waals surface area contributed by atoms with Crippen molar-refractivity contribution in [2.45, 2.75) is 45.1 Å². The van der Waals surface area contributed by atoms with E-state index in [9.17, 15) is 8.42 Å². The van der Waals surface area contributed by atoms with Crippen LogP contribution < -0.4 is 0 Å². The van der Waals surface area contributed by atoms with E-state index in [-0.39, 0.29) is 6.04 Å². The van der Waals surface area contributed by atoms with Crippen LogP contribution in [-0.4, -0.2) is 24.6 Å². The third kappa shape index (κ3) is 1.47. The lowest BCUT2D eigenvalue weighted by atomic mass is 10.0. The average molecular weight is 218 g/mol. The van der Waals surface area contributed by atoms with Gasteiger partial charge in [-0.15, -0.1) is 0 Å². The average Bonchev–Trinajstić information content (AvgIpc) is 2.44. The molecule has 2 heterocycles. The highest BCUT2D eigenvalue weighted by Gasteiger charge is 2.41. The number of amidine groups is 1. The van der Waals surface area contributed by atoms with Crippen LogP contribution in [0.5, 0.6) is 0 Å². The van der Waals surface area contributed by atoms with E-state index in [1.54, 1.807) is 0 Å². The lowest BCUT2D eigenvalue weighted by molar-refractivity contribution is 0.310. The van der Waals surface area contributed by atoms with Crippen LogP contribution in [0.15, 0.2) is 5.16 Å². The van der Waals surface area contributed by atoms with Crippen molar-refractivity contribution < 1.29 is 12.7 Å². The van der Waals surface area contributed by atoms with E-state index in [1.807, 2.05) is 0 Å². The van der Waals surface area contributed by atoms with Crippen LogP contribution in [-0.2, 0) is 14.6 Å². The summed E-state index contributed by atoms with van der Waals surface area (Å²) in [4.78, 5) is 0. The van der Waals surface area contributed by atoms with Crippen molar-refractivity contribution in [2.75, 3.05) is 0 Å². The van der Waals surface area contributed by atoms with Crippen LogP contribution in [0, 0.1) is 0 Å². The van der Waals surface area contributed by atoms with Crippen LogP contribution in [0.3, 0.4) is 0 Å². The van der Waals surface area contributed by atoms with E-state index in [0.29, 0.717) is 12.3 Å². The van der Waals surface area contributed by atoms with Gasteiger partial charge in [0.1, 0.15) is 0 Å². The van der Waals surface area contributed by atoms with E-state index in [4.69, 9.17) is 0 Å². The second-order valence-corrected chi connectivity index (χ2v) is 5.07. The first-order valence-electron chi connectivity index (χ1n) is 4.95. The van der Waals surface area contributed by atoms with Gasteiger partial charge in [0.05, 0.1) is 0 Å². The summed E-state index contributed by atoms with van der Waals surface area (Å²) in [6.07, 6.45) is 4.47. The molecule has 0 amide bonds. The topological polar surface area (TPSA) is 59.0 Å². The summed E-state index contributed by atoms with van der Waals surface area (Å²) in [6.45, 7) is 2.05. The number of hydrogen-bond acceptors (Lipinski definition) is 4. The molecule has 0 radical (unpaired) electrons. The molecule has 6 heteroatoms. The van der Waals surface area contributed by atoms with Crippen molar-refractivity contribution in [2.24, 2.45) is 5.16 Å². The van der Waals surface area contributed by atoms with Gasteiger partial charge in [-0.1, -0.05) is 13.3 Å². The number of hydrogen-bond donors (Lipinski definition) is 0. The molecule has 0 aliphatic carbocycles. The normalized spacial score (nSPS) is 29.4. The predicted octanol–water partition coefficient (Wildman–Crippen LogP) is 1.23. The van der Waals surface area contributed by atoms with Crippen molar-refractivity contribution in [3.63, 3.8) is 0 Å². The summed E-state index contributed by atoms with van der Waals surface area (Å²) in [5, 5.41) is 3.60. The maximum atomic E-state index is 11.5. The minimum atomic E-state index is -3.59. The van der Waals surface area contributed by atoms with Crippen LogP contribution in [0.1, 0.15) is 39.0 Å². The molecule has 2 aliphatic rings. The van der Waals surface area contributed by atoms with E-state index in [1.165, 1.54) is 4.31 Å². The van der Waals surface area contributed by atoms with Gasteiger partial charge in [0.2, 0.25) is 0 Å². The van der Waals surface area contributed by atoms with Crippen LogP contribution in [0.4, 0.5) is 0 Å². The Balaban J connectivity index is 2.24. The van der Waals surface area contributed by atoms with Crippen molar-refractivity contribution in [3.8, 4) is 0 Å². The second-order valence-electron chi connectivity index (χ2n) is 3.67. The summed E-state index contributed by atoms with van der Waals surface area (Å²) < 4.78 is 28.8. The van der Waals surface area contributed by atoms with Gasteiger partial charge in [-0.2, -0.15) is 8.42 Å². The molecule has 0 aromatic heterocycles. The Morgan fingerprint density at radius 3 is 3.14 bits per heavy atom. The Morgan fingerprint density at radius 1 is 1.64 bits per heavy atom. The van der Waals surface area contributed by atoms with Gasteiger partial charge in [-0.05, 0) is 24.4 Å². The SMILES string of the molecule is CCCC1CCCC2=NOS(=O)(=O)N21. The minimum absolute atomic E-state index is 0.0556. The Hall–Kier alpha value is -0.780. The first kappa shape index (κ1) is 9.76. The number of oxime groups is 1. The maximum Gasteiger partial charge on any atom is 0.430 e. The van der Waals surface area contributed by atoms with E-state index in [0.717, 1.165) is 25.7 Å². The molecular formula is C8H14N2O3S. The van der Waals surface area contributed by atoms with Crippen molar-refractivity contribution >= 4 is 16.1 Å². The third-order valence-electron chi connectivity index (χ3n) is 2.62. The molecule has 0 saturated carbocycles. The molecule has 1 saturated heterocycles. The van der Waals surface area contributed by atoms with Gasteiger partial charge in [-0.3, -0.25) is 4.28 Å². The Kier molecular flexibility index (Phi) is 2.38. The fourth-order valence-corrected chi connectivity index (χ4v) is 3.26. The third-order valence-corrected chi connectivity index (χ3v) is 3.88. The largest absolute Gasteiger partial charge is 0.430 e. The van der Waals surface area contributed by atoms with Gasteiger partial charge in [0, 0.05) is 12.5 Å². The highest BCUT2D eigenvalue weighted by molar-refractivity contribution is 7.85. The maximum absolute atomic E-state index is 11.5. The number of nitrogens with zero attached hydrogens (tertiary/aromatic N) is 2. The van der Waals surface area contributed by atoms with Crippen molar-refractivity contribution in [3.05, 3.63) is 0 Å². The summed E-state index contributed by atoms with van der Waals surface area (Å²) >= 11 is 0. The molecule has 0 aromatic rings. The van der Waals surface area contributed by atoms with Gasteiger partial charge < -0.3 is 0 Å². The molecule has 1 unspecified atom stereocenters. The van der Waals surface area contributed by atoms with Crippen LogP contribution in [0.25, 0.3) is 0 Å². The molecule has 0 bridgehead atoms. The van der Waals surface area contributed by atoms with Crippen LogP contribution >= 0.6 is 0 Å². The predicted molar refractivity (Wildman–Crippen MR) is 51.8 cm³/mol. The molecule has 1 fully saturated rings. The zero-order chi connectivity index (χ0) is 10.2. The lowest BCUT2D eigenvalue weighted by Gasteiger charge is -2.30. The fraction of sp³-hybridized carbons (Fsp3) is 0.875. The molecule has 80 valence electrons. The molecule has 0 N–H and O–H groups in total. The molecule has 0 spiro atoms.